The molecule has 1 amide bonds. The molecule has 2 heterocycles. The van der Waals surface area contributed by atoms with Gasteiger partial charge in [-0.1, -0.05) is 18.2 Å². The minimum absolute atomic E-state index is 0.246. The third-order valence-electron chi connectivity index (χ3n) is 4.63. The van der Waals surface area contributed by atoms with Crippen molar-refractivity contribution < 1.29 is 9.53 Å². The van der Waals surface area contributed by atoms with Gasteiger partial charge in [0, 0.05) is 44.7 Å². The van der Waals surface area contributed by atoms with Gasteiger partial charge in [-0.2, -0.15) is 0 Å². The molecule has 5 heteroatoms. The number of carbonyl (C=O) groups excluding carboxylic acids is 1. The number of benzene rings is 1. The largest absolute Gasteiger partial charge is 0.377 e. The van der Waals surface area contributed by atoms with Crippen LogP contribution >= 0.6 is 11.8 Å². The Bertz CT molecular complexity index is 532. The Hall–Kier alpha value is -1.20. The van der Waals surface area contributed by atoms with Crippen LogP contribution in [0, 0.1) is 0 Å². The minimum atomic E-state index is 0.246. The molecular weight excluding hydrogens is 308 g/mol. The van der Waals surface area contributed by atoms with Crippen molar-refractivity contribution in [3.8, 4) is 0 Å². The highest BCUT2D eigenvalue weighted by Crippen LogP contribution is 2.24. The van der Waals surface area contributed by atoms with Crippen molar-refractivity contribution in [1.29, 1.82) is 0 Å². The number of thioether (sulfide) groups is 1. The third kappa shape index (κ3) is 4.42. The number of carbonyl (C=O) groups is 1. The summed E-state index contributed by atoms with van der Waals surface area (Å²) in [6, 6.07) is 8.38. The van der Waals surface area contributed by atoms with Crippen LogP contribution in [0.3, 0.4) is 0 Å². The number of ether oxygens (including phenoxy) is 1. The molecule has 1 saturated heterocycles. The van der Waals surface area contributed by atoms with E-state index >= 15 is 0 Å². The zero-order chi connectivity index (χ0) is 16.1. The monoisotopic (exact) mass is 334 g/mol. The second-order valence-corrected chi connectivity index (χ2v) is 7.40. The van der Waals surface area contributed by atoms with Crippen LogP contribution in [0.1, 0.15) is 24.8 Å². The van der Waals surface area contributed by atoms with E-state index in [2.05, 4.69) is 36.2 Å². The van der Waals surface area contributed by atoms with Gasteiger partial charge in [0.15, 0.2) is 0 Å². The van der Waals surface area contributed by atoms with Crippen LogP contribution in [-0.2, 0) is 16.1 Å². The van der Waals surface area contributed by atoms with E-state index < -0.39 is 0 Å². The van der Waals surface area contributed by atoms with Crippen LogP contribution in [0.25, 0.3) is 0 Å². The highest BCUT2D eigenvalue weighted by molar-refractivity contribution is 7.99. The van der Waals surface area contributed by atoms with Crippen molar-refractivity contribution in [2.24, 2.45) is 0 Å². The van der Waals surface area contributed by atoms with E-state index in [1.54, 1.807) is 11.8 Å². The Kier molecular flexibility index (Phi) is 5.84. The first kappa shape index (κ1) is 16.7. The van der Waals surface area contributed by atoms with E-state index in [1.807, 2.05) is 4.90 Å². The third-order valence-corrected chi connectivity index (χ3v) is 5.68. The van der Waals surface area contributed by atoms with Gasteiger partial charge in [0.05, 0.1) is 11.9 Å². The number of rotatable bonds is 4. The summed E-state index contributed by atoms with van der Waals surface area (Å²) in [5, 5.41) is 0. The fourth-order valence-corrected chi connectivity index (χ4v) is 4.21. The molecule has 1 atom stereocenters. The van der Waals surface area contributed by atoms with E-state index in [0.717, 1.165) is 38.4 Å². The number of para-hydroxylation sites is 1. The second kappa shape index (κ2) is 8.06. The smallest absolute Gasteiger partial charge is 0.232 e. The minimum Gasteiger partial charge on any atom is -0.377 e. The summed E-state index contributed by atoms with van der Waals surface area (Å²) in [6.45, 7) is 3.29. The van der Waals surface area contributed by atoms with Gasteiger partial charge < -0.3 is 14.5 Å². The standard InChI is InChI=1S/C18H26N2O2S/c1-19-9-10-20(12-15-6-2-3-8-17(15)19)18(21)14-23-13-16-7-4-5-11-22-16/h2-3,6,8,16H,4-5,7,9-14H2,1H3/t16-/m1/s1. The molecule has 1 fully saturated rings. The zero-order valence-corrected chi connectivity index (χ0v) is 14.7. The molecule has 1 aromatic rings. The zero-order valence-electron chi connectivity index (χ0n) is 13.9. The molecule has 0 aromatic heterocycles. The first-order valence-electron chi connectivity index (χ1n) is 8.50. The number of nitrogens with zero attached hydrogens (tertiary/aromatic N) is 2. The summed E-state index contributed by atoms with van der Waals surface area (Å²) in [7, 11) is 2.10. The summed E-state index contributed by atoms with van der Waals surface area (Å²) in [4.78, 5) is 16.8. The second-order valence-electron chi connectivity index (χ2n) is 6.37. The molecule has 0 aliphatic carbocycles. The maximum absolute atomic E-state index is 12.6. The molecular formula is C18H26N2O2S. The molecule has 4 nitrogen and oxygen atoms in total. The van der Waals surface area contributed by atoms with Crippen LogP contribution in [0.2, 0.25) is 0 Å². The van der Waals surface area contributed by atoms with Gasteiger partial charge in [-0.15, -0.1) is 11.8 Å². The van der Waals surface area contributed by atoms with E-state index in [-0.39, 0.29) is 5.91 Å². The lowest BCUT2D eigenvalue weighted by Crippen LogP contribution is -2.35. The van der Waals surface area contributed by atoms with Gasteiger partial charge in [0.2, 0.25) is 5.91 Å². The van der Waals surface area contributed by atoms with Gasteiger partial charge in [0.1, 0.15) is 0 Å². The summed E-state index contributed by atoms with van der Waals surface area (Å²) >= 11 is 1.72. The van der Waals surface area contributed by atoms with Gasteiger partial charge in [-0.3, -0.25) is 4.79 Å². The molecule has 126 valence electrons. The first-order chi connectivity index (χ1) is 11.2. The summed E-state index contributed by atoms with van der Waals surface area (Å²) in [6.07, 6.45) is 3.93. The molecule has 0 saturated carbocycles. The predicted octanol–water partition coefficient (Wildman–Crippen LogP) is 2.77. The fraction of sp³-hybridized carbons (Fsp3) is 0.611. The molecule has 2 aliphatic rings. The van der Waals surface area contributed by atoms with Gasteiger partial charge in [-0.05, 0) is 30.9 Å². The van der Waals surface area contributed by atoms with E-state index in [0.29, 0.717) is 11.9 Å². The number of fused-ring (bicyclic) bond motifs is 1. The Morgan fingerprint density at radius 3 is 3.00 bits per heavy atom. The predicted molar refractivity (Wildman–Crippen MR) is 96.0 cm³/mol. The number of anilines is 1. The average molecular weight is 334 g/mol. The molecule has 0 unspecified atom stereocenters. The van der Waals surface area contributed by atoms with Gasteiger partial charge in [-0.25, -0.2) is 0 Å². The van der Waals surface area contributed by atoms with Gasteiger partial charge in [0.25, 0.3) is 0 Å². The van der Waals surface area contributed by atoms with Crippen molar-refractivity contribution in [1.82, 2.24) is 4.90 Å². The maximum Gasteiger partial charge on any atom is 0.232 e. The van der Waals surface area contributed by atoms with E-state index in [4.69, 9.17) is 4.74 Å². The Labute approximate surface area is 143 Å². The molecule has 0 radical (unpaired) electrons. The molecule has 0 bridgehead atoms. The lowest BCUT2D eigenvalue weighted by atomic mass is 10.1. The molecule has 2 aliphatic heterocycles. The topological polar surface area (TPSA) is 32.8 Å². The van der Waals surface area contributed by atoms with Crippen LogP contribution in [0.5, 0.6) is 0 Å². The number of amides is 1. The SMILES string of the molecule is CN1CCN(C(=O)CSC[C@H]2CCCCO2)Cc2ccccc21. The fourth-order valence-electron chi connectivity index (χ4n) is 3.21. The van der Waals surface area contributed by atoms with Crippen molar-refractivity contribution in [3.05, 3.63) is 29.8 Å². The molecule has 0 spiro atoms. The first-order valence-corrected chi connectivity index (χ1v) is 9.65. The number of hydrogen-bond donors (Lipinski definition) is 0. The molecule has 1 aromatic carbocycles. The molecule has 3 rings (SSSR count). The van der Waals surface area contributed by atoms with Crippen molar-refractivity contribution in [3.63, 3.8) is 0 Å². The highest BCUT2D eigenvalue weighted by Gasteiger charge is 2.21. The van der Waals surface area contributed by atoms with Crippen molar-refractivity contribution >= 4 is 23.4 Å². The highest BCUT2D eigenvalue weighted by atomic mass is 32.2. The maximum atomic E-state index is 12.6. The van der Waals surface area contributed by atoms with Crippen LogP contribution in [-0.4, -0.2) is 55.2 Å². The summed E-state index contributed by atoms with van der Waals surface area (Å²) in [5.41, 5.74) is 2.48. The van der Waals surface area contributed by atoms with Crippen molar-refractivity contribution in [2.45, 2.75) is 31.9 Å². The van der Waals surface area contributed by atoms with Crippen LogP contribution in [0.15, 0.2) is 24.3 Å². The number of hydrogen-bond acceptors (Lipinski definition) is 4. The molecule has 23 heavy (non-hydrogen) atoms. The van der Waals surface area contributed by atoms with Gasteiger partial charge >= 0.3 is 0 Å². The van der Waals surface area contributed by atoms with E-state index in [1.165, 1.54) is 24.1 Å². The van der Waals surface area contributed by atoms with Crippen LogP contribution in [0.4, 0.5) is 5.69 Å². The molecule has 0 N–H and O–H groups in total. The average Bonchev–Trinajstić information content (AvgIpc) is 2.75. The summed E-state index contributed by atoms with van der Waals surface area (Å²) in [5.74, 6) is 1.75. The normalized spacial score (nSPS) is 21.7. The quantitative estimate of drug-likeness (QED) is 0.848. The number of likely N-dealkylation sites (N-methyl/N-ethyl adjacent to an activating group) is 1. The Morgan fingerprint density at radius 1 is 1.30 bits per heavy atom. The Balaban J connectivity index is 1.51. The van der Waals surface area contributed by atoms with E-state index in [9.17, 15) is 4.79 Å². The summed E-state index contributed by atoms with van der Waals surface area (Å²) < 4.78 is 5.73. The van der Waals surface area contributed by atoms with Crippen molar-refractivity contribution in [2.75, 3.05) is 43.1 Å². The Morgan fingerprint density at radius 2 is 2.17 bits per heavy atom. The lowest BCUT2D eigenvalue weighted by molar-refractivity contribution is -0.128. The lowest BCUT2D eigenvalue weighted by Gasteiger charge is -2.23. The van der Waals surface area contributed by atoms with Crippen LogP contribution < -0.4 is 4.90 Å².